The number of halogens is 1. The Balaban J connectivity index is 1.71. The van der Waals surface area contributed by atoms with E-state index in [1.165, 1.54) is 0 Å². The third-order valence-corrected chi connectivity index (χ3v) is 5.25. The molecule has 0 spiro atoms. The van der Waals surface area contributed by atoms with E-state index in [4.69, 9.17) is 0 Å². The Morgan fingerprint density at radius 3 is 2.95 bits per heavy atom. The fraction of sp³-hybridized carbons (Fsp3) is 0.533. The van der Waals surface area contributed by atoms with Gasteiger partial charge in [0.2, 0.25) is 5.91 Å². The highest BCUT2D eigenvalue weighted by Gasteiger charge is 2.65. The number of carbonyl (C=O) groups is 1. The number of carbonyl (C=O) groups excluding carboxylic acids is 1. The number of hydrogen-bond acceptors (Lipinski definition) is 4. The van der Waals surface area contributed by atoms with Gasteiger partial charge in [0.1, 0.15) is 6.04 Å². The van der Waals surface area contributed by atoms with Crippen LogP contribution in [0.25, 0.3) is 0 Å². The molecule has 6 heteroatoms. The maximum absolute atomic E-state index is 12.4. The molecule has 1 saturated heterocycles. The monoisotopic (exact) mass is 348 g/mol. The molecule has 21 heavy (non-hydrogen) atoms. The van der Waals surface area contributed by atoms with Crippen molar-refractivity contribution in [2.24, 2.45) is 17.3 Å². The van der Waals surface area contributed by atoms with Crippen molar-refractivity contribution in [2.45, 2.75) is 25.9 Å². The Hall–Kier alpha value is -1.45. The van der Waals surface area contributed by atoms with Gasteiger partial charge in [0.15, 0.2) is 0 Å². The predicted octanol–water partition coefficient (Wildman–Crippen LogP) is 1.77. The molecule has 2 N–H and O–H groups in total. The van der Waals surface area contributed by atoms with Gasteiger partial charge in [0.05, 0.1) is 12.1 Å². The zero-order valence-corrected chi connectivity index (χ0v) is 13.5. The molecule has 0 aromatic carbocycles. The van der Waals surface area contributed by atoms with Crippen LogP contribution in [-0.4, -0.2) is 23.5 Å². The second-order valence-electron chi connectivity index (χ2n) is 6.35. The van der Waals surface area contributed by atoms with E-state index in [0.29, 0.717) is 17.4 Å². The first-order valence-electron chi connectivity index (χ1n) is 6.99. The van der Waals surface area contributed by atoms with E-state index >= 15 is 0 Å². The highest BCUT2D eigenvalue weighted by Crippen LogP contribution is 2.62. The highest BCUT2D eigenvalue weighted by atomic mass is 79.9. The smallest absolute Gasteiger partial charge is 0.238 e. The molecule has 4 unspecified atom stereocenters. The summed E-state index contributed by atoms with van der Waals surface area (Å²) in [5.74, 6) is 0.846. The molecule has 4 atom stereocenters. The second-order valence-corrected chi connectivity index (χ2v) is 7.26. The molecule has 2 heterocycles. The summed E-state index contributed by atoms with van der Waals surface area (Å²) in [7, 11) is 0. The van der Waals surface area contributed by atoms with Crippen molar-refractivity contribution in [1.29, 1.82) is 5.26 Å². The topological polar surface area (TPSA) is 77.8 Å². The lowest BCUT2D eigenvalue weighted by Gasteiger charge is -2.20. The molecule has 0 radical (unpaired) electrons. The summed E-state index contributed by atoms with van der Waals surface area (Å²) in [5, 5.41) is 15.4. The summed E-state index contributed by atoms with van der Waals surface area (Å²) in [6.07, 6.45) is 3.25. The minimum atomic E-state index is -0.676. The summed E-state index contributed by atoms with van der Waals surface area (Å²) >= 11 is 3.33. The van der Waals surface area contributed by atoms with E-state index in [2.05, 4.69) is 51.5 Å². The van der Waals surface area contributed by atoms with Crippen molar-refractivity contribution in [1.82, 2.24) is 15.6 Å². The number of hydrogen-bond donors (Lipinski definition) is 2. The number of fused-ring (bicyclic) bond motifs is 1. The number of rotatable bonds is 3. The van der Waals surface area contributed by atoms with Crippen molar-refractivity contribution >= 4 is 21.8 Å². The zero-order valence-electron chi connectivity index (χ0n) is 11.9. The van der Waals surface area contributed by atoms with Gasteiger partial charge in [-0.2, -0.15) is 5.26 Å². The Bertz CT molecular complexity index is 624. The van der Waals surface area contributed by atoms with Gasteiger partial charge in [-0.1, -0.05) is 13.8 Å². The minimum Gasteiger partial charge on any atom is -0.335 e. The van der Waals surface area contributed by atoms with Crippen LogP contribution in [0.2, 0.25) is 0 Å². The van der Waals surface area contributed by atoms with Crippen molar-refractivity contribution in [2.75, 3.05) is 6.54 Å². The van der Waals surface area contributed by atoms with E-state index in [9.17, 15) is 10.1 Å². The number of amides is 1. The average Bonchev–Trinajstić information content (AvgIpc) is 2.83. The zero-order chi connectivity index (χ0) is 15.2. The normalized spacial score (nSPS) is 30.1. The van der Waals surface area contributed by atoms with Crippen LogP contribution in [0.3, 0.4) is 0 Å². The van der Waals surface area contributed by atoms with E-state index in [1.54, 1.807) is 18.5 Å². The molecule has 1 aromatic rings. The van der Waals surface area contributed by atoms with E-state index in [1.807, 2.05) is 0 Å². The number of nitrogens with zero attached hydrogens (tertiary/aromatic N) is 2. The van der Waals surface area contributed by atoms with Crippen LogP contribution in [0.4, 0.5) is 0 Å². The molecule has 1 aliphatic heterocycles. The van der Waals surface area contributed by atoms with Gasteiger partial charge >= 0.3 is 0 Å². The molecule has 110 valence electrons. The molecule has 2 fully saturated rings. The molecule has 1 amide bonds. The molecule has 5 nitrogen and oxygen atoms in total. The largest absolute Gasteiger partial charge is 0.335 e. The SMILES string of the molecule is CC1(C)C2CNC(C(=O)NC(C#N)c3cncc(Br)c3)C21. The van der Waals surface area contributed by atoms with Crippen molar-refractivity contribution in [3.8, 4) is 6.07 Å². The van der Waals surface area contributed by atoms with Crippen LogP contribution in [0.5, 0.6) is 0 Å². The summed E-state index contributed by atoms with van der Waals surface area (Å²) < 4.78 is 0.789. The summed E-state index contributed by atoms with van der Waals surface area (Å²) in [6.45, 7) is 5.28. The molecular formula is C15H17BrN4O. The highest BCUT2D eigenvalue weighted by molar-refractivity contribution is 9.10. The minimum absolute atomic E-state index is 0.0976. The number of nitrogens with one attached hydrogen (secondary N) is 2. The Labute approximate surface area is 132 Å². The summed E-state index contributed by atoms with van der Waals surface area (Å²) in [6, 6.07) is 3.06. The van der Waals surface area contributed by atoms with Crippen molar-refractivity contribution in [3.63, 3.8) is 0 Å². The fourth-order valence-corrected chi connectivity index (χ4v) is 3.87. The van der Waals surface area contributed by atoms with Gasteiger partial charge in [-0.3, -0.25) is 9.78 Å². The van der Waals surface area contributed by atoms with Gasteiger partial charge in [-0.25, -0.2) is 0 Å². The lowest BCUT2D eigenvalue weighted by atomic mass is 10.0. The maximum atomic E-state index is 12.4. The van der Waals surface area contributed by atoms with Gasteiger partial charge in [-0.15, -0.1) is 0 Å². The van der Waals surface area contributed by atoms with E-state index in [0.717, 1.165) is 11.0 Å². The van der Waals surface area contributed by atoms with Crippen LogP contribution >= 0.6 is 15.9 Å². The van der Waals surface area contributed by atoms with Crippen LogP contribution in [0.1, 0.15) is 25.5 Å². The van der Waals surface area contributed by atoms with Crippen LogP contribution in [-0.2, 0) is 4.79 Å². The van der Waals surface area contributed by atoms with Gasteiger partial charge < -0.3 is 10.6 Å². The van der Waals surface area contributed by atoms with E-state index in [-0.39, 0.29) is 17.4 Å². The number of aromatic nitrogens is 1. The molecule has 2 aliphatic rings. The molecule has 1 saturated carbocycles. The van der Waals surface area contributed by atoms with Crippen molar-refractivity contribution < 1.29 is 4.79 Å². The third-order valence-electron chi connectivity index (χ3n) is 4.81. The average molecular weight is 349 g/mol. The van der Waals surface area contributed by atoms with Crippen LogP contribution < -0.4 is 10.6 Å². The third kappa shape index (κ3) is 2.45. The fourth-order valence-electron chi connectivity index (χ4n) is 3.48. The standard InChI is InChI=1S/C15H17BrN4O/c1-15(2)10-7-19-13(12(10)15)14(21)20-11(4-17)8-3-9(16)6-18-5-8/h3,5-6,10-13,19H,7H2,1-2H3,(H,20,21). The summed E-state index contributed by atoms with van der Waals surface area (Å²) in [5.41, 5.74) is 0.914. The number of pyridine rings is 1. The van der Waals surface area contributed by atoms with Crippen LogP contribution in [0, 0.1) is 28.6 Å². The summed E-state index contributed by atoms with van der Waals surface area (Å²) in [4.78, 5) is 16.5. The van der Waals surface area contributed by atoms with Gasteiger partial charge in [-0.05, 0) is 45.8 Å². The first-order valence-corrected chi connectivity index (χ1v) is 7.78. The molecule has 1 aliphatic carbocycles. The van der Waals surface area contributed by atoms with Gasteiger partial charge in [0.25, 0.3) is 0 Å². The second kappa shape index (κ2) is 5.08. The first kappa shape index (κ1) is 14.5. The quantitative estimate of drug-likeness (QED) is 0.872. The molecule has 0 bridgehead atoms. The Kier molecular flexibility index (Phi) is 3.50. The molecule has 3 rings (SSSR count). The molecule has 1 aromatic heterocycles. The maximum Gasteiger partial charge on any atom is 0.238 e. The Morgan fingerprint density at radius 1 is 1.62 bits per heavy atom. The number of nitriles is 1. The van der Waals surface area contributed by atoms with Crippen molar-refractivity contribution in [3.05, 3.63) is 28.5 Å². The number of piperidine rings is 1. The lowest BCUT2D eigenvalue weighted by Crippen LogP contribution is -2.45. The lowest BCUT2D eigenvalue weighted by molar-refractivity contribution is -0.124. The van der Waals surface area contributed by atoms with Crippen LogP contribution in [0.15, 0.2) is 22.9 Å². The van der Waals surface area contributed by atoms with Gasteiger partial charge in [0, 0.05) is 22.4 Å². The first-order chi connectivity index (χ1) is 9.95. The predicted molar refractivity (Wildman–Crippen MR) is 81.0 cm³/mol. The van der Waals surface area contributed by atoms with E-state index < -0.39 is 6.04 Å². The molecular weight excluding hydrogens is 332 g/mol. The Morgan fingerprint density at radius 2 is 2.38 bits per heavy atom.